The normalized spacial score (nSPS) is 21.1. The van der Waals surface area contributed by atoms with Gasteiger partial charge in [-0.2, -0.15) is 0 Å². The summed E-state index contributed by atoms with van der Waals surface area (Å²) in [6.45, 7) is 9.06. The summed E-state index contributed by atoms with van der Waals surface area (Å²) in [5, 5.41) is 12.5. The number of hydrogen-bond donors (Lipinski definition) is 4. The zero-order chi connectivity index (χ0) is 20.5. The first-order chi connectivity index (χ1) is 14.2. The molecule has 0 aromatic heterocycles. The van der Waals surface area contributed by atoms with Crippen LogP contribution < -0.4 is 32.1 Å². The maximum atomic E-state index is 5.96. The minimum Gasteiger partial charge on any atom is -0.404 e. The highest BCUT2D eigenvalue weighted by atomic mass is 16.5. The van der Waals surface area contributed by atoms with Crippen LogP contribution in [0.15, 0.2) is 41.6 Å². The molecule has 3 rings (SSSR count). The maximum Gasteiger partial charge on any atom is 0.116 e. The first-order valence-electron chi connectivity index (χ1n) is 10.4. The van der Waals surface area contributed by atoms with E-state index in [1.807, 2.05) is 19.2 Å². The fraction of sp³-hybridized carbons (Fsp3) is 0.435. The molecule has 29 heavy (non-hydrogen) atoms. The molecule has 5 N–H and O–H groups in total. The van der Waals surface area contributed by atoms with Crippen LogP contribution >= 0.6 is 0 Å². The van der Waals surface area contributed by atoms with Crippen LogP contribution in [0, 0.1) is 5.92 Å². The van der Waals surface area contributed by atoms with Gasteiger partial charge in [-0.1, -0.05) is 24.8 Å². The molecule has 0 aliphatic carbocycles. The molecule has 0 saturated carbocycles. The van der Waals surface area contributed by atoms with Crippen molar-refractivity contribution in [1.82, 2.24) is 5.32 Å². The predicted molar refractivity (Wildman–Crippen MR) is 123 cm³/mol. The van der Waals surface area contributed by atoms with Gasteiger partial charge in [-0.15, -0.1) is 0 Å². The highest BCUT2D eigenvalue weighted by Crippen LogP contribution is 2.15. The zero-order valence-electron chi connectivity index (χ0n) is 17.3. The van der Waals surface area contributed by atoms with Crippen molar-refractivity contribution in [3.05, 3.63) is 47.0 Å². The molecule has 156 valence electrons. The Hall–Kier alpha value is -2.57. The van der Waals surface area contributed by atoms with Crippen LogP contribution in [0.4, 0.5) is 11.4 Å². The number of benzene rings is 1. The molecule has 1 saturated heterocycles. The molecule has 6 nitrogen and oxygen atoms in total. The van der Waals surface area contributed by atoms with E-state index in [-0.39, 0.29) is 0 Å². The Morgan fingerprint density at radius 1 is 1.34 bits per heavy atom. The molecule has 0 amide bonds. The second-order valence-electron chi connectivity index (χ2n) is 7.57. The van der Waals surface area contributed by atoms with Crippen molar-refractivity contribution >= 4 is 29.9 Å². The van der Waals surface area contributed by atoms with Gasteiger partial charge in [0.15, 0.2) is 0 Å². The lowest BCUT2D eigenvalue weighted by atomic mass is 10.0. The van der Waals surface area contributed by atoms with Crippen LogP contribution in [-0.2, 0) is 4.74 Å². The van der Waals surface area contributed by atoms with E-state index in [1.54, 1.807) is 12.3 Å². The van der Waals surface area contributed by atoms with Gasteiger partial charge < -0.3 is 26.4 Å². The number of piperidine rings is 1. The van der Waals surface area contributed by atoms with Crippen LogP contribution in [0.5, 0.6) is 0 Å². The van der Waals surface area contributed by atoms with Gasteiger partial charge in [0.25, 0.3) is 0 Å². The largest absolute Gasteiger partial charge is 0.404 e. The van der Waals surface area contributed by atoms with Crippen LogP contribution in [0.25, 0.3) is 12.3 Å². The molecule has 0 spiro atoms. The summed E-state index contributed by atoms with van der Waals surface area (Å²) in [4.78, 5) is 4.29. The Bertz CT molecular complexity index is 868. The quantitative estimate of drug-likeness (QED) is 0.399. The number of nitrogens with two attached hydrogens (primary N) is 1. The molecule has 1 fully saturated rings. The van der Waals surface area contributed by atoms with Crippen molar-refractivity contribution in [3.63, 3.8) is 0 Å². The highest BCUT2D eigenvalue weighted by molar-refractivity contribution is 5.62. The smallest absolute Gasteiger partial charge is 0.116 e. The molecule has 2 aliphatic heterocycles. The van der Waals surface area contributed by atoms with Crippen LogP contribution in [0.1, 0.15) is 26.2 Å². The number of aliphatic imine (C=N–C) groups is 1. The van der Waals surface area contributed by atoms with Crippen molar-refractivity contribution in [2.45, 2.75) is 32.2 Å². The van der Waals surface area contributed by atoms with Gasteiger partial charge in [-0.25, -0.2) is 0 Å². The number of rotatable bonds is 8. The van der Waals surface area contributed by atoms with E-state index in [0.717, 1.165) is 59.9 Å². The zero-order valence-corrected chi connectivity index (χ0v) is 17.3. The molecule has 2 heterocycles. The third-order valence-corrected chi connectivity index (χ3v) is 5.27. The van der Waals surface area contributed by atoms with Gasteiger partial charge in [0.2, 0.25) is 0 Å². The summed E-state index contributed by atoms with van der Waals surface area (Å²) in [5.74, 6) is 0.394. The minimum atomic E-state index is 0.394. The number of nitrogens with one attached hydrogen (secondary N) is 3. The molecule has 0 radical (unpaired) electrons. The van der Waals surface area contributed by atoms with Crippen molar-refractivity contribution in [1.29, 1.82) is 0 Å². The second-order valence-corrected chi connectivity index (χ2v) is 7.57. The molecule has 1 aromatic carbocycles. The van der Waals surface area contributed by atoms with Gasteiger partial charge >= 0.3 is 0 Å². The van der Waals surface area contributed by atoms with Crippen LogP contribution in [0.2, 0.25) is 0 Å². The molecular weight excluding hydrogens is 362 g/mol. The summed E-state index contributed by atoms with van der Waals surface area (Å²) in [7, 11) is 0. The standard InChI is InChI=1S/C23H33N5O/c1-3-4-19-12-21(27-16-29-15-18-5-10-26-17(2)11-18)13-23(22(19)14-24)28-20-6-8-25-9-7-20/h3-4,10-14,18,20,25,27-28H,1,5-9,15-16,24H2,2H3/b19-4-,22-14+. The molecule has 0 bridgehead atoms. The Kier molecular flexibility index (Phi) is 7.90. The van der Waals surface area contributed by atoms with E-state index in [2.05, 4.69) is 45.7 Å². The van der Waals surface area contributed by atoms with E-state index in [4.69, 9.17) is 10.5 Å². The predicted octanol–water partition coefficient (Wildman–Crippen LogP) is 1.89. The van der Waals surface area contributed by atoms with Crippen molar-refractivity contribution in [2.75, 3.05) is 37.1 Å². The Morgan fingerprint density at radius 2 is 2.17 bits per heavy atom. The number of anilines is 2. The number of hydrogen-bond acceptors (Lipinski definition) is 6. The first-order valence-corrected chi connectivity index (χ1v) is 10.4. The Balaban J connectivity index is 1.68. The van der Waals surface area contributed by atoms with Gasteiger partial charge in [-0.05, 0) is 56.6 Å². The van der Waals surface area contributed by atoms with E-state index in [1.165, 1.54) is 0 Å². The van der Waals surface area contributed by atoms with Crippen LogP contribution in [-0.4, -0.2) is 38.7 Å². The van der Waals surface area contributed by atoms with Gasteiger partial charge in [0.1, 0.15) is 6.73 Å². The number of nitrogens with zero attached hydrogens (tertiary/aromatic N) is 1. The lowest BCUT2D eigenvalue weighted by Crippen LogP contribution is -2.38. The van der Waals surface area contributed by atoms with Gasteiger partial charge in [-0.3, -0.25) is 4.99 Å². The summed E-state index contributed by atoms with van der Waals surface area (Å²) in [6, 6.07) is 4.64. The summed E-state index contributed by atoms with van der Waals surface area (Å²) in [5.41, 5.74) is 9.06. The van der Waals surface area contributed by atoms with Crippen molar-refractivity contribution in [3.8, 4) is 0 Å². The average molecular weight is 396 g/mol. The SMILES string of the molecule is C=C/C=c1/cc(NCOCC2C=C(C)N=CC2)cc(NC2CCNCC2)/c1=C/N. The fourth-order valence-electron chi connectivity index (χ4n) is 3.78. The maximum absolute atomic E-state index is 5.96. The molecule has 1 atom stereocenters. The van der Waals surface area contributed by atoms with E-state index >= 15 is 0 Å². The number of ether oxygens (including phenoxy) is 1. The third kappa shape index (κ3) is 6.21. The van der Waals surface area contributed by atoms with E-state index in [0.29, 0.717) is 25.3 Å². The molecule has 1 aromatic rings. The monoisotopic (exact) mass is 395 g/mol. The topological polar surface area (TPSA) is 83.7 Å². The third-order valence-electron chi connectivity index (χ3n) is 5.27. The molecular formula is C23H33N5O. The second kappa shape index (κ2) is 10.8. The van der Waals surface area contributed by atoms with E-state index in [9.17, 15) is 0 Å². The summed E-state index contributed by atoms with van der Waals surface area (Å²) < 4.78 is 5.86. The molecule has 2 aliphatic rings. The Morgan fingerprint density at radius 3 is 2.90 bits per heavy atom. The summed E-state index contributed by atoms with van der Waals surface area (Å²) in [6.07, 6.45) is 12.7. The molecule has 6 heteroatoms. The first kappa shape index (κ1) is 21.1. The average Bonchev–Trinajstić information content (AvgIpc) is 2.72. The summed E-state index contributed by atoms with van der Waals surface area (Å²) >= 11 is 0. The van der Waals surface area contributed by atoms with E-state index < -0.39 is 0 Å². The van der Waals surface area contributed by atoms with Crippen molar-refractivity contribution < 1.29 is 4.74 Å². The fourth-order valence-corrected chi connectivity index (χ4v) is 3.78. The lowest BCUT2D eigenvalue weighted by molar-refractivity contribution is 0.130. The van der Waals surface area contributed by atoms with Gasteiger partial charge in [0, 0.05) is 46.7 Å². The van der Waals surface area contributed by atoms with Crippen LogP contribution in [0.3, 0.4) is 0 Å². The Labute approximate surface area is 173 Å². The highest BCUT2D eigenvalue weighted by Gasteiger charge is 2.14. The van der Waals surface area contributed by atoms with Gasteiger partial charge in [0.05, 0.1) is 6.61 Å². The lowest BCUT2D eigenvalue weighted by Gasteiger charge is -2.25. The minimum absolute atomic E-state index is 0.394. The molecule has 1 unspecified atom stereocenters. The van der Waals surface area contributed by atoms with Crippen molar-refractivity contribution in [2.24, 2.45) is 16.6 Å². The number of allylic oxidation sites excluding steroid dienone is 2.